The third-order valence-electron chi connectivity index (χ3n) is 8.36. The van der Waals surface area contributed by atoms with Crippen LogP contribution in [0.4, 0.5) is 0 Å². The molecule has 6 rings (SSSR count). The minimum absolute atomic E-state index is 0. The Bertz CT molecular complexity index is 1880. The Morgan fingerprint density at radius 2 is 1.49 bits per heavy atom. The van der Waals surface area contributed by atoms with Crippen LogP contribution in [0.15, 0.2) is 97.5 Å². The van der Waals surface area contributed by atoms with E-state index in [1.165, 1.54) is 16.7 Å². The number of aromatic amines is 1. The zero-order valence-corrected chi connectivity index (χ0v) is 28.7. The van der Waals surface area contributed by atoms with Crippen molar-refractivity contribution in [3.63, 3.8) is 0 Å². The van der Waals surface area contributed by atoms with Gasteiger partial charge in [0.25, 0.3) is 0 Å². The minimum atomic E-state index is 0. The number of rotatable bonds is 9. The van der Waals surface area contributed by atoms with Gasteiger partial charge in [-0.3, -0.25) is 4.98 Å². The number of nitrogens with zero attached hydrogens (tertiary/aromatic N) is 3. The van der Waals surface area contributed by atoms with E-state index in [-0.39, 0.29) is 26.8 Å². The van der Waals surface area contributed by atoms with Gasteiger partial charge in [-0.2, -0.15) is 0 Å². The molecule has 6 aromatic rings. The van der Waals surface area contributed by atoms with E-state index >= 15 is 0 Å². The minimum Gasteiger partial charge on any atom is -0.507 e. The summed E-state index contributed by atoms with van der Waals surface area (Å²) in [5.74, 6) is 2.64. The van der Waals surface area contributed by atoms with E-state index in [2.05, 4.69) is 98.3 Å². The van der Waals surface area contributed by atoms with Gasteiger partial charge in [-0.15, -0.1) is 35.9 Å². The average Bonchev–Trinajstić information content (AvgIpc) is 3.68. The normalized spacial score (nSPS) is 11.3. The Kier molecular flexibility index (Phi) is 9.89. The first kappa shape index (κ1) is 32.2. The SMILES string of the molecule is CC(C)c1cc(-c2cc(Cc3ccccc3Cc3c[nH]c(-c4[c-]cccc4)n3)c(O)c(-c3nccn3C)c2)cc(C(C)C)c1.[Pt]. The van der Waals surface area contributed by atoms with Gasteiger partial charge in [0.15, 0.2) is 0 Å². The summed E-state index contributed by atoms with van der Waals surface area (Å²) < 4.78 is 1.96. The van der Waals surface area contributed by atoms with Crippen molar-refractivity contribution in [2.24, 2.45) is 7.05 Å². The predicted octanol–water partition coefficient (Wildman–Crippen LogP) is 9.08. The molecular formula is C39H39N4OPt-. The number of phenolic OH excluding ortho intramolecular Hbond substituents is 1. The van der Waals surface area contributed by atoms with Crippen LogP contribution in [0.3, 0.4) is 0 Å². The number of H-pyrrole nitrogens is 1. The van der Waals surface area contributed by atoms with Crippen LogP contribution in [0.2, 0.25) is 0 Å². The Morgan fingerprint density at radius 3 is 2.11 bits per heavy atom. The van der Waals surface area contributed by atoms with Crippen LogP contribution in [0.1, 0.15) is 73.0 Å². The van der Waals surface area contributed by atoms with Crippen molar-refractivity contribution < 1.29 is 26.2 Å². The number of hydrogen-bond acceptors (Lipinski definition) is 3. The van der Waals surface area contributed by atoms with Gasteiger partial charge in [0.2, 0.25) is 0 Å². The number of phenols is 1. The average molecular weight is 775 g/mol. The van der Waals surface area contributed by atoms with Crippen molar-refractivity contribution >= 4 is 0 Å². The summed E-state index contributed by atoms with van der Waals surface area (Å²) in [5.41, 5.74) is 10.7. The van der Waals surface area contributed by atoms with E-state index in [9.17, 15) is 5.11 Å². The molecule has 0 bridgehead atoms. The van der Waals surface area contributed by atoms with Crippen LogP contribution in [0, 0.1) is 6.07 Å². The largest absolute Gasteiger partial charge is 0.507 e. The quantitative estimate of drug-likeness (QED) is 0.144. The maximum atomic E-state index is 11.7. The predicted molar refractivity (Wildman–Crippen MR) is 179 cm³/mol. The van der Waals surface area contributed by atoms with Crippen LogP contribution < -0.4 is 0 Å². The number of imidazole rings is 2. The Labute approximate surface area is 280 Å². The Hall–Kier alpha value is -4.21. The molecule has 232 valence electrons. The smallest absolute Gasteiger partial charge is 0.143 e. The van der Waals surface area contributed by atoms with Crippen LogP contribution in [0.25, 0.3) is 33.9 Å². The van der Waals surface area contributed by atoms with E-state index in [4.69, 9.17) is 4.98 Å². The maximum absolute atomic E-state index is 11.7. The molecule has 0 aliphatic carbocycles. The Morgan fingerprint density at radius 1 is 0.822 bits per heavy atom. The topological polar surface area (TPSA) is 66.7 Å². The molecule has 2 aromatic heterocycles. The zero-order chi connectivity index (χ0) is 30.8. The van der Waals surface area contributed by atoms with Gasteiger partial charge in [-0.25, -0.2) is 4.98 Å². The van der Waals surface area contributed by atoms with E-state index in [1.807, 2.05) is 48.3 Å². The number of hydrogen-bond donors (Lipinski definition) is 2. The second-order valence-corrected chi connectivity index (χ2v) is 12.2. The van der Waals surface area contributed by atoms with Gasteiger partial charge in [0.05, 0.1) is 17.1 Å². The summed E-state index contributed by atoms with van der Waals surface area (Å²) in [5, 5.41) is 11.7. The van der Waals surface area contributed by atoms with Gasteiger partial charge in [-0.05, 0) is 62.9 Å². The molecule has 2 heterocycles. The van der Waals surface area contributed by atoms with E-state index in [1.54, 1.807) is 6.20 Å². The van der Waals surface area contributed by atoms with Crippen molar-refractivity contribution in [2.75, 3.05) is 0 Å². The molecule has 4 aromatic carbocycles. The van der Waals surface area contributed by atoms with Crippen LogP contribution in [-0.2, 0) is 41.0 Å². The van der Waals surface area contributed by atoms with Crippen LogP contribution in [-0.4, -0.2) is 24.6 Å². The van der Waals surface area contributed by atoms with Crippen molar-refractivity contribution in [1.29, 1.82) is 0 Å². The first-order valence-corrected chi connectivity index (χ1v) is 15.3. The number of aryl methyl sites for hydroxylation is 1. The number of aromatic nitrogens is 4. The molecule has 0 aliphatic rings. The second-order valence-electron chi connectivity index (χ2n) is 12.2. The summed E-state index contributed by atoms with van der Waals surface area (Å²) in [7, 11) is 1.96. The van der Waals surface area contributed by atoms with Gasteiger partial charge in [0.1, 0.15) is 11.6 Å². The number of aromatic hydroxyl groups is 1. The first-order chi connectivity index (χ1) is 21.3. The molecule has 6 heteroatoms. The molecule has 0 spiro atoms. The molecule has 45 heavy (non-hydrogen) atoms. The second kappa shape index (κ2) is 13.8. The molecule has 0 amide bonds. The standard InChI is InChI=1S/C39H39N4O.Pt/c1-25(2)30-18-31(26(3)4)20-32(19-30)33-21-34(37(44)36(23-33)39-40-15-16-43(39)5)17-28-13-9-10-14-29(28)22-35-24-41-38(42-35)27-11-7-6-8-12-27;/h6-11,13-16,18-21,23-26,44H,17,22H2,1-5H3,(H,41,42);/q-1;. The summed E-state index contributed by atoms with van der Waals surface area (Å²) in [6, 6.07) is 30.7. The number of nitrogens with one attached hydrogen (secondary N) is 1. The van der Waals surface area contributed by atoms with E-state index < -0.39 is 0 Å². The fourth-order valence-electron chi connectivity index (χ4n) is 5.73. The van der Waals surface area contributed by atoms with Gasteiger partial charge >= 0.3 is 0 Å². The monoisotopic (exact) mass is 774 g/mol. The van der Waals surface area contributed by atoms with Crippen LogP contribution >= 0.6 is 0 Å². The van der Waals surface area contributed by atoms with E-state index in [0.29, 0.717) is 24.7 Å². The molecule has 0 radical (unpaired) electrons. The van der Waals surface area contributed by atoms with E-state index in [0.717, 1.165) is 50.7 Å². The summed E-state index contributed by atoms with van der Waals surface area (Å²) in [6.45, 7) is 8.95. The van der Waals surface area contributed by atoms with Crippen molar-refractivity contribution in [2.45, 2.75) is 52.4 Å². The first-order valence-electron chi connectivity index (χ1n) is 15.3. The summed E-state index contributed by atoms with van der Waals surface area (Å²) in [4.78, 5) is 12.8. The third kappa shape index (κ3) is 7.05. The zero-order valence-electron chi connectivity index (χ0n) is 26.4. The van der Waals surface area contributed by atoms with Gasteiger partial charge in [0, 0.05) is 59.5 Å². The van der Waals surface area contributed by atoms with Crippen molar-refractivity contribution in [3.05, 3.63) is 137 Å². The summed E-state index contributed by atoms with van der Waals surface area (Å²) >= 11 is 0. The fourth-order valence-corrected chi connectivity index (χ4v) is 5.73. The molecule has 2 N–H and O–H groups in total. The molecular weight excluding hydrogens is 736 g/mol. The molecule has 5 nitrogen and oxygen atoms in total. The molecule has 0 fully saturated rings. The molecule has 0 unspecified atom stereocenters. The Balaban J connectivity index is 0.00000400. The third-order valence-corrected chi connectivity index (χ3v) is 8.36. The van der Waals surface area contributed by atoms with Crippen LogP contribution in [0.5, 0.6) is 5.75 Å². The number of benzene rings is 4. The molecule has 0 aliphatic heterocycles. The maximum Gasteiger partial charge on any atom is 0.143 e. The molecule has 0 saturated heterocycles. The van der Waals surface area contributed by atoms with Gasteiger partial charge < -0.3 is 14.7 Å². The molecule has 0 saturated carbocycles. The fraction of sp³-hybridized carbons (Fsp3) is 0.231. The van der Waals surface area contributed by atoms with Gasteiger partial charge in [-0.1, -0.05) is 70.2 Å². The van der Waals surface area contributed by atoms with Crippen molar-refractivity contribution in [1.82, 2.24) is 19.5 Å². The van der Waals surface area contributed by atoms with Crippen molar-refractivity contribution in [3.8, 4) is 39.7 Å². The summed E-state index contributed by atoms with van der Waals surface area (Å²) in [6.07, 6.45) is 6.92. The molecule has 0 atom stereocenters.